The van der Waals surface area contributed by atoms with Crippen LogP contribution in [0.25, 0.3) is 0 Å². The van der Waals surface area contributed by atoms with Gasteiger partial charge in [-0.05, 0) is 27.9 Å². The summed E-state index contributed by atoms with van der Waals surface area (Å²) in [4.78, 5) is 13.2. The van der Waals surface area contributed by atoms with Gasteiger partial charge in [-0.25, -0.2) is 0 Å². The minimum atomic E-state index is 0.122. The molecule has 0 aliphatic heterocycles. The molecule has 4 nitrogen and oxygen atoms in total. The quantitative estimate of drug-likeness (QED) is 0.612. The summed E-state index contributed by atoms with van der Waals surface area (Å²) in [6.07, 6.45) is 0.561. The van der Waals surface area contributed by atoms with Crippen LogP contribution < -0.4 is 10.6 Å². The normalized spacial score (nSPS) is 12.9. The Kier molecular flexibility index (Phi) is 7.42. The highest BCUT2D eigenvalue weighted by atomic mass is 16.1. The van der Waals surface area contributed by atoms with Crippen LogP contribution in [0.4, 0.5) is 0 Å². The zero-order valence-electron chi connectivity index (χ0n) is 9.76. The van der Waals surface area contributed by atoms with Crippen molar-refractivity contribution >= 4 is 5.91 Å². The SMILES string of the molecule is CCNC(=O)CCNC(C)CN(C)C. The first-order chi connectivity index (χ1) is 6.56. The maximum atomic E-state index is 11.1. The van der Waals surface area contributed by atoms with Gasteiger partial charge in [-0.1, -0.05) is 0 Å². The van der Waals surface area contributed by atoms with E-state index in [-0.39, 0.29) is 5.91 Å². The lowest BCUT2D eigenvalue weighted by Gasteiger charge is -2.17. The molecule has 1 atom stereocenters. The third-order valence-electron chi connectivity index (χ3n) is 1.86. The standard InChI is InChI=1S/C10H23N3O/c1-5-11-10(14)6-7-12-9(2)8-13(3)4/h9,12H,5-8H2,1-4H3,(H,11,14). The van der Waals surface area contributed by atoms with Crippen molar-refractivity contribution in [2.24, 2.45) is 0 Å². The summed E-state index contributed by atoms with van der Waals surface area (Å²) in [5, 5.41) is 6.07. The molecule has 0 spiro atoms. The molecule has 0 aliphatic rings. The topological polar surface area (TPSA) is 44.4 Å². The molecule has 0 heterocycles. The number of nitrogens with one attached hydrogen (secondary N) is 2. The highest BCUT2D eigenvalue weighted by Gasteiger charge is 2.03. The Balaban J connectivity index is 3.39. The average molecular weight is 201 g/mol. The van der Waals surface area contributed by atoms with Crippen molar-refractivity contribution < 1.29 is 4.79 Å². The Labute approximate surface area is 87.0 Å². The monoisotopic (exact) mass is 201 g/mol. The molecule has 0 saturated heterocycles. The fourth-order valence-corrected chi connectivity index (χ4v) is 1.33. The molecule has 84 valence electrons. The zero-order valence-corrected chi connectivity index (χ0v) is 9.76. The molecule has 1 unspecified atom stereocenters. The predicted molar refractivity (Wildman–Crippen MR) is 59.3 cm³/mol. The Morgan fingerprint density at radius 2 is 2.07 bits per heavy atom. The number of carbonyl (C=O) groups excluding carboxylic acids is 1. The van der Waals surface area contributed by atoms with Crippen LogP contribution in [0.3, 0.4) is 0 Å². The second-order valence-corrected chi connectivity index (χ2v) is 3.82. The van der Waals surface area contributed by atoms with E-state index in [1.165, 1.54) is 0 Å². The lowest BCUT2D eigenvalue weighted by molar-refractivity contribution is -0.120. The average Bonchev–Trinajstić information content (AvgIpc) is 2.02. The van der Waals surface area contributed by atoms with Gasteiger partial charge in [0.15, 0.2) is 0 Å². The summed E-state index contributed by atoms with van der Waals surface area (Å²) in [6.45, 7) is 6.51. The first-order valence-corrected chi connectivity index (χ1v) is 5.21. The van der Waals surface area contributed by atoms with Crippen molar-refractivity contribution in [2.45, 2.75) is 26.3 Å². The third kappa shape index (κ3) is 8.01. The van der Waals surface area contributed by atoms with Crippen LogP contribution in [-0.4, -0.2) is 50.6 Å². The van der Waals surface area contributed by atoms with Crippen LogP contribution in [0, 0.1) is 0 Å². The maximum Gasteiger partial charge on any atom is 0.221 e. The number of hydrogen-bond donors (Lipinski definition) is 2. The highest BCUT2D eigenvalue weighted by Crippen LogP contribution is 1.86. The van der Waals surface area contributed by atoms with E-state index in [0.717, 1.165) is 13.1 Å². The Morgan fingerprint density at radius 1 is 1.43 bits per heavy atom. The maximum absolute atomic E-state index is 11.1. The zero-order chi connectivity index (χ0) is 11.0. The van der Waals surface area contributed by atoms with E-state index in [1.807, 2.05) is 21.0 Å². The summed E-state index contributed by atoms with van der Waals surface area (Å²) in [7, 11) is 4.09. The van der Waals surface area contributed by atoms with Gasteiger partial charge in [0.25, 0.3) is 0 Å². The predicted octanol–water partition coefficient (Wildman–Crippen LogP) is 0.0523. The van der Waals surface area contributed by atoms with Crippen molar-refractivity contribution in [1.82, 2.24) is 15.5 Å². The molecule has 0 saturated carbocycles. The van der Waals surface area contributed by atoms with Gasteiger partial charge in [-0.15, -0.1) is 0 Å². The fourth-order valence-electron chi connectivity index (χ4n) is 1.33. The molecule has 0 aromatic heterocycles. The summed E-state index contributed by atoms with van der Waals surface area (Å²) in [5.74, 6) is 0.122. The first kappa shape index (κ1) is 13.4. The summed E-state index contributed by atoms with van der Waals surface area (Å²) in [6, 6.07) is 0.430. The van der Waals surface area contributed by atoms with E-state index in [4.69, 9.17) is 0 Å². The molecule has 0 rings (SSSR count). The number of carbonyl (C=O) groups is 1. The first-order valence-electron chi connectivity index (χ1n) is 5.21. The molecule has 0 aliphatic carbocycles. The van der Waals surface area contributed by atoms with Crippen molar-refractivity contribution in [3.8, 4) is 0 Å². The van der Waals surface area contributed by atoms with Gasteiger partial charge in [0, 0.05) is 32.1 Å². The molecule has 0 aromatic carbocycles. The number of rotatable bonds is 7. The van der Waals surface area contributed by atoms with Gasteiger partial charge < -0.3 is 15.5 Å². The van der Waals surface area contributed by atoms with Gasteiger partial charge in [0.2, 0.25) is 5.91 Å². The second kappa shape index (κ2) is 7.76. The summed E-state index contributed by atoms with van der Waals surface area (Å²) < 4.78 is 0. The van der Waals surface area contributed by atoms with Gasteiger partial charge in [0.05, 0.1) is 0 Å². The van der Waals surface area contributed by atoms with Crippen LogP contribution in [0.1, 0.15) is 20.3 Å². The van der Waals surface area contributed by atoms with Gasteiger partial charge in [0.1, 0.15) is 0 Å². The van der Waals surface area contributed by atoms with E-state index in [2.05, 4.69) is 22.5 Å². The molecular weight excluding hydrogens is 178 g/mol. The fraction of sp³-hybridized carbons (Fsp3) is 0.900. The molecule has 14 heavy (non-hydrogen) atoms. The molecule has 4 heteroatoms. The third-order valence-corrected chi connectivity index (χ3v) is 1.86. The number of likely N-dealkylation sites (N-methyl/N-ethyl adjacent to an activating group) is 1. The molecule has 0 aromatic rings. The Bertz CT molecular complexity index is 159. The molecule has 0 bridgehead atoms. The number of nitrogens with zero attached hydrogens (tertiary/aromatic N) is 1. The largest absolute Gasteiger partial charge is 0.356 e. The Morgan fingerprint density at radius 3 is 2.57 bits per heavy atom. The van der Waals surface area contributed by atoms with Gasteiger partial charge in [-0.2, -0.15) is 0 Å². The minimum Gasteiger partial charge on any atom is -0.356 e. The summed E-state index contributed by atoms with van der Waals surface area (Å²) >= 11 is 0. The number of hydrogen-bond acceptors (Lipinski definition) is 3. The van der Waals surface area contributed by atoms with Crippen LogP contribution in [0.5, 0.6) is 0 Å². The van der Waals surface area contributed by atoms with Crippen LogP contribution in [0.15, 0.2) is 0 Å². The molecular formula is C10H23N3O. The van der Waals surface area contributed by atoms with E-state index >= 15 is 0 Å². The van der Waals surface area contributed by atoms with Gasteiger partial charge in [-0.3, -0.25) is 4.79 Å². The molecule has 2 N–H and O–H groups in total. The van der Waals surface area contributed by atoms with Crippen molar-refractivity contribution in [1.29, 1.82) is 0 Å². The van der Waals surface area contributed by atoms with Crippen LogP contribution >= 0.6 is 0 Å². The highest BCUT2D eigenvalue weighted by molar-refractivity contribution is 5.75. The van der Waals surface area contributed by atoms with Crippen LogP contribution in [0.2, 0.25) is 0 Å². The lowest BCUT2D eigenvalue weighted by Crippen LogP contribution is -2.37. The van der Waals surface area contributed by atoms with E-state index < -0.39 is 0 Å². The number of amides is 1. The van der Waals surface area contributed by atoms with E-state index in [0.29, 0.717) is 19.0 Å². The van der Waals surface area contributed by atoms with E-state index in [1.54, 1.807) is 0 Å². The lowest BCUT2D eigenvalue weighted by atomic mass is 10.3. The van der Waals surface area contributed by atoms with Crippen molar-refractivity contribution in [3.05, 3.63) is 0 Å². The smallest absolute Gasteiger partial charge is 0.221 e. The van der Waals surface area contributed by atoms with Crippen LogP contribution in [-0.2, 0) is 4.79 Å². The Hall–Kier alpha value is -0.610. The molecule has 0 radical (unpaired) electrons. The van der Waals surface area contributed by atoms with Crippen molar-refractivity contribution in [3.63, 3.8) is 0 Å². The minimum absolute atomic E-state index is 0.122. The molecule has 1 amide bonds. The second-order valence-electron chi connectivity index (χ2n) is 3.82. The van der Waals surface area contributed by atoms with E-state index in [9.17, 15) is 4.79 Å². The molecule has 0 fully saturated rings. The van der Waals surface area contributed by atoms with Crippen molar-refractivity contribution in [2.75, 3.05) is 33.7 Å². The summed E-state index contributed by atoms with van der Waals surface area (Å²) in [5.41, 5.74) is 0. The van der Waals surface area contributed by atoms with Gasteiger partial charge >= 0.3 is 0 Å².